The summed E-state index contributed by atoms with van der Waals surface area (Å²) in [5, 5.41) is 0. The fourth-order valence-electron chi connectivity index (χ4n) is 12.0. The number of phosphoric acid groups is 1. The third kappa shape index (κ3) is 81.6. The van der Waals surface area contributed by atoms with E-state index >= 15 is 0 Å². The Kier molecular flexibility index (Phi) is 75.2. The van der Waals surface area contributed by atoms with E-state index < -0.39 is 26.5 Å². The molecule has 0 aliphatic carbocycles. The number of phosphoric ester groups is 1. The zero-order valence-corrected chi connectivity index (χ0v) is 65.9. The second kappa shape index (κ2) is 77.8. The van der Waals surface area contributed by atoms with Gasteiger partial charge in [-0.2, -0.15) is 0 Å². The van der Waals surface area contributed by atoms with E-state index in [2.05, 4.69) is 123 Å². The number of carbonyl (C=O) groups excluding carboxylic acids is 2. The number of hydrogen-bond acceptors (Lipinski definition) is 7. The van der Waals surface area contributed by atoms with Crippen LogP contribution in [0.3, 0.4) is 0 Å². The van der Waals surface area contributed by atoms with Gasteiger partial charge in [0.05, 0.1) is 27.7 Å². The second-order valence-corrected chi connectivity index (χ2v) is 30.6. The lowest BCUT2D eigenvalue weighted by atomic mass is 10.0. The number of esters is 2. The number of hydrogen-bond donors (Lipinski definition) is 1. The molecule has 0 spiro atoms. The van der Waals surface area contributed by atoms with Gasteiger partial charge in [0.15, 0.2) is 6.10 Å². The lowest BCUT2D eigenvalue weighted by molar-refractivity contribution is -0.870. The highest BCUT2D eigenvalue weighted by atomic mass is 31.2. The molecular formula is C88H159NO8P+. The first-order valence-electron chi connectivity index (χ1n) is 41.6. The first-order valence-corrected chi connectivity index (χ1v) is 43.1. The first-order chi connectivity index (χ1) is 48.0. The van der Waals surface area contributed by atoms with E-state index in [4.69, 9.17) is 18.5 Å². The molecule has 0 heterocycles. The summed E-state index contributed by atoms with van der Waals surface area (Å²) in [4.78, 5) is 36.0. The van der Waals surface area contributed by atoms with Gasteiger partial charge in [-0.1, -0.05) is 399 Å². The molecule has 2 atom stereocenters. The molecule has 0 aromatic carbocycles. The topological polar surface area (TPSA) is 108 Å². The third-order valence-electron chi connectivity index (χ3n) is 18.3. The summed E-state index contributed by atoms with van der Waals surface area (Å²) < 4.78 is 34.9. The van der Waals surface area contributed by atoms with Crippen molar-refractivity contribution in [1.29, 1.82) is 0 Å². The quantitative estimate of drug-likeness (QED) is 0.0211. The molecule has 0 rings (SSSR count). The minimum absolute atomic E-state index is 0.0301. The Morgan fingerprint density at radius 1 is 0.327 bits per heavy atom. The molecule has 568 valence electrons. The lowest BCUT2D eigenvalue weighted by Gasteiger charge is -2.24. The van der Waals surface area contributed by atoms with Gasteiger partial charge in [-0.3, -0.25) is 18.6 Å². The van der Waals surface area contributed by atoms with Crippen molar-refractivity contribution in [3.05, 3.63) is 109 Å². The van der Waals surface area contributed by atoms with Gasteiger partial charge in [0.1, 0.15) is 19.8 Å². The van der Waals surface area contributed by atoms with E-state index in [-0.39, 0.29) is 25.6 Å². The summed E-state index contributed by atoms with van der Waals surface area (Å²) in [7, 11) is 1.49. The molecule has 0 radical (unpaired) electrons. The van der Waals surface area contributed by atoms with E-state index in [0.29, 0.717) is 23.9 Å². The molecule has 0 aliphatic rings. The van der Waals surface area contributed by atoms with Crippen molar-refractivity contribution < 1.29 is 42.1 Å². The van der Waals surface area contributed by atoms with Crippen LogP contribution in [0.25, 0.3) is 0 Å². The van der Waals surface area contributed by atoms with Crippen molar-refractivity contribution in [3.8, 4) is 0 Å². The number of ether oxygens (including phenoxy) is 2. The van der Waals surface area contributed by atoms with Crippen molar-refractivity contribution in [2.45, 2.75) is 392 Å². The van der Waals surface area contributed by atoms with Gasteiger partial charge in [-0.15, -0.1) is 0 Å². The maximum atomic E-state index is 12.9. The van der Waals surface area contributed by atoms with Crippen molar-refractivity contribution in [2.75, 3.05) is 47.5 Å². The lowest BCUT2D eigenvalue weighted by Crippen LogP contribution is -2.37. The van der Waals surface area contributed by atoms with E-state index in [0.717, 1.165) is 96.3 Å². The maximum Gasteiger partial charge on any atom is 0.472 e. The molecule has 2 unspecified atom stereocenters. The molecule has 0 bridgehead atoms. The summed E-state index contributed by atoms with van der Waals surface area (Å²) in [6.45, 7) is 4.37. The minimum atomic E-state index is -4.40. The van der Waals surface area contributed by atoms with Crippen LogP contribution in [0.15, 0.2) is 109 Å². The molecule has 0 saturated heterocycles. The summed E-state index contributed by atoms with van der Waals surface area (Å²) in [6.07, 6.45) is 111. The molecule has 0 aromatic rings. The van der Waals surface area contributed by atoms with Crippen LogP contribution in [0.2, 0.25) is 0 Å². The smallest absolute Gasteiger partial charge is 0.462 e. The number of carbonyl (C=O) groups is 2. The number of likely N-dealkylation sites (N-methyl/N-ethyl adjacent to an activating group) is 1. The zero-order valence-electron chi connectivity index (χ0n) is 65.0. The molecular weight excluding hydrogens is 1230 g/mol. The average molecular weight is 1390 g/mol. The Morgan fingerprint density at radius 3 is 0.867 bits per heavy atom. The Labute approximate surface area is 607 Å². The Morgan fingerprint density at radius 2 is 0.582 bits per heavy atom. The van der Waals surface area contributed by atoms with Crippen LogP contribution in [0.4, 0.5) is 0 Å². The highest BCUT2D eigenvalue weighted by Crippen LogP contribution is 2.43. The summed E-state index contributed by atoms with van der Waals surface area (Å²) in [5.41, 5.74) is 0. The van der Waals surface area contributed by atoms with E-state index in [1.54, 1.807) is 0 Å². The monoisotopic (exact) mass is 1390 g/mol. The van der Waals surface area contributed by atoms with Gasteiger partial charge in [0.25, 0.3) is 0 Å². The predicted octanol–water partition coefficient (Wildman–Crippen LogP) is 28.0. The molecule has 0 amide bonds. The zero-order chi connectivity index (χ0) is 71.1. The summed E-state index contributed by atoms with van der Waals surface area (Å²) in [5.74, 6) is -0.784. The Hall–Kier alpha value is -3.33. The Balaban J connectivity index is 3.96. The molecule has 0 aromatic heterocycles. The molecule has 9 nitrogen and oxygen atoms in total. The normalized spacial score (nSPS) is 13.6. The van der Waals surface area contributed by atoms with Crippen LogP contribution < -0.4 is 0 Å². The molecule has 98 heavy (non-hydrogen) atoms. The van der Waals surface area contributed by atoms with Crippen molar-refractivity contribution in [1.82, 2.24) is 0 Å². The van der Waals surface area contributed by atoms with Crippen LogP contribution in [-0.2, 0) is 32.7 Å². The Bertz CT molecular complexity index is 2030. The number of nitrogens with zero attached hydrogens (tertiary/aromatic N) is 1. The third-order valence-corrected chi connectivity index (χ3v) is 19.3. The number of rotatable bonds is 77. The van der Waals surface area contributed by atoms with Crippen LogP contribution in [0.5, 0.6) is 0 Å². The van der Waals surface area contributed by atoms with E-state index in [9.17, 15) is 19.0 Å². The molecule has 0 fully saturated rings. The van der Waals surface area contributed by atoms with Crippen LogP contribution in [0, 0.1) is 0 Å². The number of quaternary nitrogens is 1. The summed E-state index contributed by atoms with van der Waals surface area (Å²) in [6, 6.07) is 0. The molecule has 0 aliphatic heterocycles. The van der Waals surface area contributed by atoms with Gasteiger partial charge >= 0.3 is 19.8 Å². The highest BCUT2D eigenvalue weighted by molar-refractivity contribution is 7.47. The van der Waals surface area contributed by atoms with Gasteiger partial charge in [0, 0.05) is 12.8 Å². The molecule has 0 saturated carbocycles. The SMILES string of the molecule is CC/C=C\C/C=C\C/C=C\C/C=C\C/C=C\C/C=C\C/C=C\C/C=C\C/C=C\CCCCCCCCCCCCCCCC(=O)OC(COC(=O)CCCCCCCCCCCCCCCCCCCCCCCCCCCCCCCCCCC)COP(=O)(O)OCC[N+](C)(C)C. The number of allylic oxidation sites excluding steroid dienone is 18. The van der Waals surface area contributed by atoms with Crippen molar-refractivity contribution in [2.24, 2.45) is 0 Å². The van der Waals surface area contributed by atoms with Crippen LogP contribution >= 0.6 is 7.82 Å². The second-order valence-electron chi connectivity index (χ2n) is 29.1. The van der Waals surface area contributed by atoms with Crippen molar-refractivity contribution >= 4 is 19.8 Å². The fourth-order valence-corrected chi connectivity index (χ4v) is 12.8. The predicted molar refractivity (Wildman–Crippen MR) is 427 cm³/mol. The van der Waals surface area contributed by atoms with Gasteiger partial charge < -0.3 is 18.9 Å². The standard InChI is InChI=1S/C88H158NO8P/c1-6-8-10-12-14-16-18-20-22-24-26-28-30-32-34-36-38-40-41-42-43-44-45-46-47-49-51-53-55-57-59-61-63-65-67-69-71-73-75-77-79-81-88(91)97-86(85-96-98(92,93)95-83-82-89(3,4)5)84-94-87(90)80-78-76-74-72-70-68-66-64-62-60-58-56-54-52-50-48-39-37-35-33-31-29-27-25-23-21-19-17-15-13-11-9-7-2/h8,10,14,16,20,22,26,28,32,34,38,40,42-43,45-46,49,51,86H,6-7,9,11-13,15,17-19,21,23-25,27,29-31,33,35-37,39,41,44,47-48,50,52-85H2,1-5H3/p+1/b10-8-,16-14-,22-20-,28-26-,34-32-,40-38-,43-42-,46-45-,51-49-. The summed E-state index contributed by atoms with van der Waals surface area (Å²) >= 11 is 0. The van der Waals surface area contributed by atoms with E-state index in [1.807, 2.05) is 21.1 Å². The number of unbranched alkanes of at least 4 members (excludes halogenated alkanes) is 45. The van der Waals surface area contributed by atoms with Crippen LogP contribution in [-0.4, -0.2) is 74.9 Å². The van der Waals surface area contributed by atoms with Gasteiger partial charge in [0.2, 0.25) is 0 Å². The van der Waals surface area contributed by atoms with E-state index in [1.165, 1.54) is 257 Å². The largest absolute Gasteiger partial charge is 0.472 e. The fraction of sp³-hybridized carbons (Fsp3) is 0.773. The first kappa shape index (κ1) is 94.7. The van der Waals surface area contributed by atoms with Gasteiger partial charge in [-0.05, 0) is 83.5 Å². The van der Waals surface area contributed by atoms with Crippen molar-refractivity contribution in [3.63, 3.8) is 0 Å². The maximum absolute atomic E-state index is 12.9. The molecule has 1 N–H and O–H groups in total. The minimum Gasteiger partial charge on any atom is -0.462 e. The molecule has 10 heteroatoms. The van der Waals surface area contributed by atoms with Crippen LogP contribution in [0.1, 0.15) is 386 Å². The highest BCUT2D eigenvalue weighted by Gasteiger charge is 2.27. The average Bonchev–Trinajstić information content (AvgIpc) is 1.08. The van der Waals surface area contributed by atoms with Gasteiger partial charge in [-0.25, -0.2) is 4.57 Å².